The monoisotopic (exact) mass is 335 g/mol. The number of hydrogen-bond donors (Lipinski definition) is 1. The van der Waals surface area contributed by atoms with E-state index >= 15 is 0 Å². The van der Waals surface area contributed by atoms with Crippen LogP contribution < -0.4 is 5.32 Å². The number of aromatic nitrogens is 2. The normalized spacial score (nSPS) is 17.9. The van der Waals surface area contributed by atoms with Crippen molar-refractivity contribution in [2.24, 2.45) is 5.92 Å². The van der Waals surface area contributed by atoms with Crippen molar-refractivity contribution in [3.8, 4) is 0 Å². The number of nitrogens with zero attached hydrogens (tertiary/aromatic N) is 4. The lowest BCUT2D eigenvalue weighted by Gasteiger charge is -2.21. The molecule has 1 aliphatic heterocycles. The molecule has 1 unspecified atom stereocenters. The Labute approximate surface area is 139 Å². The Kier molecular flexibility index (Phi) is 4.92. The molecule has 0 bridgehead atoms. The Balaban J connectivity index is 1.46. The molecule has 23 heavy (non-hydrogen) atoms. The number of carbonyl (C=O) groups excluding carboxylic acids is 1. The number of urea groups is 1. The molecule has 1 N–H and O–H groups in total. The highest BCUT2D eigenvalue weighted by atomic mass is 32.1. The first-order valence-electron chi connectivity index (χ1n) is 7.65. The fourth-order valence-electron chi connectivity index (χ4n) is 2.86. The summed E-state index contributed by atoms with van der Waals surface area (Å²) in [6.07, 6.45) is 2.47. The second-order valence-corrected chi connectivity index (χ2v) is 6.91. The van der Waals surface area contributed by atoms with Crippen molar-refractivity contribution in [3.63, 3.8) is 0 Å². The van der Waals surface area contributed by atoms with Gasteiger partial charge in [0.05, 0.1) is 11.2 Å². The molecule has 1 fully saturated rings. The lowest BCUT2D eigenvalue weighted by Crippen LogP contribution is -2.34. The largest absolute Gasteiger partial charge is 0.363 e. The van der Waals surface area contributed by atoms with Gasteiger partial charge in [-0.3, -0.25) is 5.32 Å². The first kappa shape index (κ1) is 15.9. The molecule has 124 valence electrons. The third kappa shape index (κ3) is 4.08. The van der Waals surface area contributed by atoms with Crippen LogP contribution in [0.25, 0.3) is 0 Å². The maximum Gasteiger partial charge on any atom is 0.323 e. The van der Waals surface area contributed by atoms with Crippen LogP contribution in [-0.4, -0.2) is 52.7 Å². The molecule has 0 spiro atoms. The van der Waals surface area contributed by atoms with E-state index in [0.717, 1.165) is 38.3 Å². The van der Waals surface area contributed by atoms with Gasteiger partial charge >= 0.3 is 6.03 Å². The predicted octanol–water partition coefficient (Wildman–Crippen LogP) is 2.43. The van der Waals surface area contributed by atoms with Crippen LogP contribution in [-0.2, 0) is 6.54 Å². The third-order valence-corrected chi connectivity index (χ3v) is 4.99. The first-order chi connectivity index (χ1) is 11.1. The van der Waals surface area contributed by atoms with Gasteiger partial charge < -0.3 is 14.3 Å². The Hall–Kier alpha value is -1.93. The number of nitrogens with one attached hydrogen (secondary N) is 1. The average Bonchev–Trinajstić information content (AvgIpc) is 3.23. The number of hydrogen-bond acceptors (Lipinski definition) is 6. The summed E-state index contributed by atoms with van der Waals surface area (Å²) in [6, 6.07) is 1.53. The number of anilines is 1. The molecule has 0 radical (unpaired) electrons. The van der Waals surface area contributed by atoms with Crippen molar-refractivity contribution in [3.05, 3.63) is 28.4 Å². The lowest BCUT2D eigenvalue weighted by molar-refractivity contribution is 0.216. The van der Waals surface area contributed by atoms with Gasteiger partial charge in [-0.1, -0.05) is 5.16 Å². The molecule has 0 aliphatic carbocycles. The van der Waals surface area contributed by atoms with E-state index in [1.54, 1.807) is 17.4 Å². The summed E-state index contributed by atoms with van der Waals surface area (Å²) in [5, 5.41) is 6.44. The van der Waals surface area contributed by atoms with E-state index in [0.29, 0.717) is 11.7 Å². The van der Waals surface area contributed by atoms with E-state index in [1.165, 1.54) is 11.1 Å². The fraction of sp³-hybridized carbons (Fsp3) is 0.533. The maximum atomic E-state index is 12.2. The zero-order valence-corrected chi connectivity index (χ0v) is 14.2. The maximum absolute atomic E-state index is 12.2. The van der Waals surface area contributed by atoms with Gasteiger partial charge in [0, 0.05) is 37.1 Å². The number of rotatable bonds is 5. The van der Waals surface area contributed by atoms with E-state index in [9.17, 15) is 4.79 Å². The molecule has 7 nitrogen and oxygen atoms in total. The highest BCUT2D eigenvalue weighted by molar-refractivity contribution is 7.09. The van der Waals surface area contributed by atoms with Crippen LogP contribution >= 0.6 is 11.3 Å². The summed E-state index contributed by atoms with van der Waals surface area (Å²) in [4.78, 5) is 21.9. The number of likely N-dealkylation sites (tertiary alicyclic amines) is 1. The first-order valence-corrected chi connectivity index (χ1v) is 8.53. The Morgan fingerprint density at radius 3 is 3.17 bits per heavy atom. The molecule has 1 aliphatic rings. The second-order valence-electron chi connectivity index (χ2n) is 5.97. The molecule has 0 aromatic carbocycles. The van der Waals surface area contributed by atoms with E-state index in [-0.39, 0.29) is 6.03 Å². The molecule has 1 atom stereocenters. The Morgan fingerprint density at radius 2 is 2.48 bits per heavy atom. The molecule has 2 amide bonds. The topological polar surface area (TPSA) is 74.5 Å². The lowest BCUT2D eigenvalue weighted by atomic mass is 10.1. The summed E-state index contributed by atoms with van der Waals surface area (Å²) in [5.41, 5.74) is 3.01. The molecule has 8 heteroatoms. The summed E-state index contributed by atoms with van der Waals surface area (Å²) < 4.78 is 4.72. The van der Waals surface area contributed by atoms with Gasteiger partial charge in [0.2, 0.25) is 0 Å². The Morgan fingerprint density at radius 1 is 1.61 bits per heavy atom. The van der Waals surface area contributed by atoms with Gasteiger partial charge in [-0.05, 0) is 26.3 Å². The Bertz CT molecular complexity index is 642. The zero-order valence-electron chi connectivity index (χ0n) is 13.4. The van der Waals surface area contributed by atoms with Crippen LogP contribution in [0.4, 0.5) is 10.6 Å². The van der Waals surface area contributed by atoms with E-state index in [1.807, 2.05) is 17.3 Å². The smallest absolute Gasteiger partial charge is 0.323 e. The molecular weight excluding hydrogens is 314 g/mol. The van der Waals surface area contributed by atoms with Gasteiger partial charge in [0.25, 0.3) is 0 Å². The van der Waals surface area contributed by atoms with Crippen molar-refractivity contribution in [1.29, 1.82) is 0 Å². The predicted molar refractivity (Wildman–Crippen MR) is 88.4 cm³/mol. The molecule has 1 saturated heterocycles. The molecular formula is C15H21N5O2S. The van der Waals surface area contributed by atoms with Crippen LogP contribution in [0.5, 0.6) is 0 Å². The van der Waals surface area contributed by atoms with Crippen LogP contribution in [0.1, 0.15) is 17.0 Å². The van der Waals surface area contributed by atoms with Crippen LogP contribution in [0.2, 0.25) is 0 Å². The van der Waals surface area contributed by atoms with E-state index < -0.39 is 0 Å². The number of aryl methyl sites for hydroxylation is 1. The summed E-state index contributed by atoms with van der Waals surface area (Å²) in [5.74, 6) is 0.951. The van der Waals surface area contributed by atoms with Gasteiger partial charge in [0.15, 0.2) is 5.82 Å². The van der Waals surface area contributed by atoms with Crippen LogP contribution in [0, 0.1) is 12.8 Å². The molecule has 3 heterocycles. The van der Waals surface area contributed by atoms with Crippen molar-refractivity contribution >= 4 is 23.2 Å². The minimum atomic E-state index is -0.109. The number of amides is 2. The summed E-state index contributed by atoms with van der Waals surface area (Å²) >= 11 is 1.70. The average molecular weight is 335 g/mol. The van der Waals surface area contributed by atoms with E-state index in [2.05, 4.69) is 27.4 Å². The number of carbonyl (C=O) groups is 1. The van der Waals surface area contributed by atoms with Crippen molar-refractivity contribution < 1.29 is 9.32 Å². The van der Waals surface area contributed by atoms with Crippen LogP contribution in [0.3, 0.4) is 0 Å². The minimum Gasteiger partial charge on any atom is -0.363 e. The van der Waals surface area contributed by atoms with Crippen molar-refractivity contribution in [2.75, 3.05) is 32.0 Å². The van der Waals surface area contributed by atoms with Gasteiger partial charge in [-0.15, -0.1) is 11.3 Å². The fourth-order valence-corrected chi connectivity index (χ4v) is 3.72. The van der Waals surface area contributed by atoms with E-state index in [4.69, 9.17) is 4.52 Å². The minimum absolute atomic E-state index is 0.109. The standard InChI is InChI=1S/C15H21N5O2S/c1-11-13(23-10-16-11)9-19(2)7-12-3-5-20(8-12)15(21)17-14-4-6-22-18-14/h4,6,10,12H,3,5,7-9H2,1-2H3,(H,17,18,21). The van der Waals surface area contributed by atoms with Gasteiger partial charge in [-0.2, -0.15) is 0 Å². The number of thiazole rings is 1. The SMILES string of the molecule is Cc1ncsc1CN(C)CC1CCN(C(=O)Nc2ccon2)C1. The molecule has 2 aromatic rings. The van der Waals surface area contributed by atoms with Gasteiger partial charge in [-0.25, -0.2) is 9.78 Å². The van der Waals surface area contributed by atoms with Crippen LogP contribution in [0.15, 0.2) is 22.4 Å². The third-order valence-electron chi connectivity index (χ3n) is 4.07. The zero-order chi connectivity index (χ0) is 16.2. The summed E-state index contributed by atoms with van der Waals surface area (Å²) in [6.45, 7) is 5.49. The summed E-state index contributed by atoms with van der Waals surface area (Å²) in [7, 11) is 2.12. The molecule has 3 rings (SSSR count). The molecule has 2 aromatic heterocycles. The van der Waals surface area contributed by atoms with Crippen molar-refractivity contribution in [2.45, 2.75) is 19.9 Å². The molecule has 0 saturated carbocycles. The highest BCUT2D eigenvalue weighted by Gasteiger charge is 2.27. The van der Waals surface area contributed by atoms with Crippen molar-refractivity contribution in [1.82, 2.24) is 19.9 Å². The quantitative estimate of drug-likeness (QED) is 0.908. The highest BCUT2D eigenvalue weighted by Crippen LogP contribution is 2.20. The second kappa shape index (κ2) is 7.10. The van der Waals surface area contributed by atoms with Gasteiger partial charge in [0.1, 0.15) is 6.26 Å².